The molecule has 4 N–H and O–H groups in total. The number of rotatable bonds is 9. The summed E-state index contributed by atoms with van der Waals surface area (Å²) in [5, 5.41) is 11.7. The number of nitrogens with two attached hydrogens (primary N) is 1. The van der Waals surface area contributed by atoms with Gasteiger partial charge in [-0.1, -0.05) is 12.1 Å². The van der Waals surface area contributed by atoms with E-state index in [-0.39, 0.29) is 31.6 Å². The number of amides is 1. The number of ether oxygens (including phenoxy) is 2. The Morgan fingerprint density at radius 3 is 2.85 bits per heavy atom. The SMILES string of the molecule is COCC(CCO)NC(=O)CCOc1ccccc1N. The second kappa shape index (κ2) is 9.17. The van der Waals surface area contributed by atoms with E-state index in [1.807, 2.05) is 12.1 Å². The molecule has 1 rings (SSSR count). The fourth-order valence-corrected chi connectivity index (χ4v) is 1.72. The van der Waals surface area contributed by atoms with Crippen LogP contribution in [0.2, 0.25) is 0 Å². The third-order valence-corrected chi connectivity index (χ3v) is 2.72. The fourth-order valence-electron chi connectivity index (χ4n) is 1.72. The first-order valence-electron chi connectivity index (χ1n) is 6.53. The molecule has 0 aliphatic rings. The van der Waals surface area contributed by atoms with Crippen LogP contribution >= 0.6 is 0 Å². The lowest BCUT2D eigenvalue weighted by atomic mass is 10.2. The second-order valence-electron chi connectivity index (χ2n) is 4.37. The number of nitrogen functional groups attached to an aromatic ring is 1. The Morgan fingerprint density at radius 1 is 1.45 bits per heavy atom. The number of hydrogen-bond acceptors (Lipinski definition) is 5. The van der Waals surface area contributed by atoms with Crippen molar-refractivity contribution in [3.8, 4) is 5.75 Å². The van der Waals surface area contributed by atoms with Crippen molar-refractivity contribution in [1.29, 1.82) is 0 Å². The lowest BCUT2D eigenvalue weighted by Gasteiger charge is -2.17. The third-order valence-electron chi connectivity index (χ3n) is 2.72. The van der Waals surface area contributed by atoms with Crippen molar-refractivity contribution in [3.63, 3.8) is 0 Å². The van der Waals surface area contributed by atoms with Crippen LogP contribution in [0.1, 0.15) is 12.8 Å². The number of carbonyl (C=O) groups excluding carboxylic acids is 1. The number of carbonyl (C=O) groups is 1. The Bertz CT molecular complexity index is 406. The summed E-state index contributed by atoms with van der Waals surface area (Å²) in [6, 6.07) is 6.96. The van der Waals surface area contributed by atoms with Crippen LogP contribution in [0.3, 0.4) is 0 Å². The van der Waals surface area contributed by atoms with Gasteiger partial charge in [-0.3, -0.25) is 4.79 Å². The summed E-state index contributed by atoms with van der Waals surface area (Å²) in [4.78, 5) is 11.7. The van der Waals surface area contributed by atoms with E-state index in [9.17, 15) is 4.79 Å². The van der Waals surface area contributed by atoms with Crippen LogP contribution in [0.15, 0.2) is 24.3 Å². The van der Waals surface area contributed by atoms with Gasteiger partial charge in [0, 0.05) is 13.7 Å². The fraction of sp³-hybridized carbons (Fsp3) is 0.500. The van der Waals surface area contributed by atoms with Crippen molar-refractivity contribution >= 4 is 11.6 Å². The normalized spacial score (nSPS) is 11.9. The predicted molar refractivity (Wildman–Crippen MR) is 76.5 cm³/mol. The van der Waals surface area contributed by atoms with Crippen LogP contribution in [0.25, 0.3) is 0 Å². The molecule has 0 aromatic heterocycles. The number of anilines is 1. The first kappa shape index (κ1) is 16.3. The van der Waals surface area contributed by atoms with Crippen LogP contribution < -0.4 is 15.8 Å². The monoisotopic (exact) mass is 282 g/mol. The highest BCUT2D eigenvalue weighted by Crippen LogP contribution is 2.19. The van der Waals surface area contributed by atoms with Gasteiger partial charge in [0.1, 0.15) is 5.75 Å². The van der Waals surface area contributed by atoms with Gasteiger partial charge < -0.3 is 25.6 Å². The highest BCUT2D eigenvalue weighted by Gasteiger charge is 2.11. The molecule has 1 aromatic rings. The van der Waals surface area contributed by atoms with E-state index < -0.39 is 0 Å². The van der Waals surface area contributed by atoms with Gasteiger partial charge >= 0.3 is 0 Å². The Hall–Kier alpha value is -1.79. The van der Waals surface area contributed by atoms with E-state index in [1.165, 1.54) is 0 Å². The molecule has 6 nitrogen and oxygen atoms in total. The molecule has 1 atom stereocenters. The van der Waals surface area contributed by atoms with E-state index in [0.29, 0.717) is 24.5 Å². The molecule has 1 unspecified atom stereocenters. The predicted octanol–water partition coefficient (Wildman–Crippen LogP) is 0.551. The van der Waals surface area contributed by atoms with Gasteiger partial charge in [0.25, 0.3) is 0 Å². The third kappa shape index (κ3) is 5.90. The highest BCUT2D eigenvalue weighted by molar-refractivity contribution is 5.76. The van der Waals surface area contributed by atoms with E-state index >= 15 is 0 Å². The molecule has 0 aliphatic carbocycles. The number of methoxy groups -OCH3 is 1. The minimum atomic E-state index is -0.181. The van der Waals surface area contributed by atoms with Gasteiger partial charge in [0.2, 0.25) is 5.91 Å². The average molecular weight is 282 g/mol. The summed E-state index contributed by atoms with van der Waals surface area (Å²) in [5.41, 5.74) is 6.27. The minimum Gasteiger partial charge on any atom is -0.491 e. The number of benzene rings is 1. The van der Waals surface area contributed by atoms with Gasteiger partial charge in [-0.2, -0.15) is 0 Å². The highest BCUT2D eigenvalue weighted by atomic mass is 16.5. The number of nitrogens with one attached hydrogen (secondary N) is 1. The number of hydrogen-bond donors (Lipinski definition) is 3. The lowest BCUT2D eigenvalue weighted by Crippen LogP contribution is -2.39. The second-order valence-corrected chi connectivity index (χ2v) is 4.37. The Morgan fingerprint density at radius 2 is 2.20 bits per heavy atom. The summed E-state index contributed by atoms with van der Waals surface area (Å²) in [5.74, 6) is 0.430. The van der Waals surface area contributed by atoms with Gasteiger partial charge in [-0.05, 0) is 18.6 Å². The van der Waals surface area contributed by atoms with Gasteiger partial charge in [-0.25, -0.2) is 0 Å². The zero-order chi connectivity index (χ0) is 14.8. The molecule has 0 saturated carbocycles. The molecule has 1 amide bonds. The molecule has 20 heavy (non-hydrogen) atoms. The van der Waals surface area contributed by atoms with Crippen molar-refractivity contribution in [2.24, 2.45) is 0 Å². The summed E-state index contributed by atoms with van der Waals surface area (Å²) < 4.78 is 10.4. The Kier molecular flexibility index (Phi) is 7.46. The van der Waals surface area contributed by atoms with Crippen molar-refractivity contribution < 1.29 is 19.4 Å². The lowest BCUT2D eigenvalue weighted by molar-refractivity contribution is -0.122. The number of para-hydroxylation sites is 2. The molecule has 0 spiro atoms. The summed E-state index contributed by atoms with van der Waals surface area (Å²) in [7, 11) is 1.55. The van der Waals surface area contributed by atoms with E-state index in [2.05, 4.69) is 5.32 Å². The first-order valence-corrected chi connectivity index (χ1v) is 6.53. The Balaban J connectivity index is 2.30. The van der Waals surface area contributed by atoms with Crippen molar-refractivity contribution in [2.45, 2.75) is 18.9 Å². The molecule has 0 heterocycles. The largest absolute Gasteiger partial charge is 0.491 e. The number of aliphatic hydroxyl groups excluding tert-OH is 1. The van der Waals surface area contributed by atoms with E-state index in [4.69, 9.17) is 20.3 Å². The maximum atomic E-state index is 11.7. The van der Waals surface area contributed by atoms with E-state index in [0.717, 1.165) is 0 Å². The van der Waals surface area contributed by atoms with Crippen LogP contribution in [-0.2, 0) is 9.53 Å². The smallest absolute Gasteiger partial charge is 0.223 e. The topological polar surface area (TPSA) is 93.8 Å². The van der Waals surface area contributed by atoms with Crippen LogP contribution in [0.4, 0.5) is 5.69 Å². The van der Waals surface area contributed by atoms with Crippen LogP contribution in [-0.4, -0.2) is 44.0 Å². The molecular weight excluding hydrogens is 260 g/mol. The molecule has 112 valence electrons. The molecule has 0 bridgehead atoms. The zero-order valence-corrected chi connectivity index (χ0v) is 11.7. The van der Waals surface area contributed by atoms with Crippen LogP contribution in [0.5, 0.6) is 5.75 Å². The minimum absolute atomic E-state index is 0.00531. The van der Waals surface area contributed by atoms with Gasteiger partial charge in [-0.15, -0.1) is 0 Å². The van der Waals surface area contributed by atoms with Crippen LogP contribution in [0, 0.1) is 0 Å². The summed E-state index contributed by atoms with van der Waals surface area (Å²) >= 11 is 0. The molecular formula is C14H22N2O4. The maximum absolute atomic E-state index is 11.7. The molecule has 0 fully saturated rings. The molecule has 0 aliphatic heterocycles. The summed E-state index contributed by atoms with van der Waals surface area (Å²) in [6.45, 7) is 0.628. The molecule has 1 aromatic carbocycles. The maximum Gasteiger partial charge on any atom is 0.223 e. The zero-order valence-electron chi connectivity index (χ0n) is 11.7. The van der Waals surface area contributed by atoms with Gasteiger partial charge in [0.15, 0.2) is 0 Å². The van der Waals surface area contributed by atoms with Gasteiger partial charge in [0.05, 0.1) is 31.4 Å². The van der Waals surface area contributed by atoms with Crippen molar-refractivity contribution in [3.05, 3.63) is 24.3 Å². The molecule has 0 saturated heterocycles. The van der Waals surface area contributed by atoms with E-state index in [1.54, 1.807) is 19.2 Å². The molecule has 6 heteroatoms. The standard InChI is InChI=1S/C14H22N2O4/c1-19-10-11(6-8-17)16-14(18)7-9-20-13-5-3-2-4-12(13)15/h2-5,11,17H,6-10,15H2,1H3,(H,16,18). The number of aliphatic hydroxyl groups is 1. The summed E-state index contributed by atoms with van der Waals surface area (Å²) in [6.07, 6.45) is 0.687. The average Bonchev–Trinajstić information content (AvgIpc) is 2.41. The first-order chi connectivity index (χ1) is 9.67. The molecule has 0 radical (unpaired) electrons. The van der Waals surface area contributed by atoms with Crippen molar-refractivity contribution in [2.75, 3.05) is 32.7 Å². The Labute approximate surface area is 118 Å². The van der Waals surface area contributed by atoms with Crippen molar-refractivity contribution in [1.82, 2.24) is 5.32 Å². The quantitative estimate of drug-likeness (QED) is 0.575.